The number of methoxy groups -OCH3 is 1. The molecule has 6 heteroatoms. The quantitative estimate of drug-likeness (QED) is 0.762. The highest BCUT2D eigenvalue weighted by atomic mass is 19.1. The van der Waals surface area contributed by atoms with Gasteiger partial charge >= 0.3 is 0 Å². The number of aromatic nitrogens is 2. The van der Waals surface area contributed by atoms with Crippen molar-refractivity contribution in [3.05, 3.63) is 65.6 Å². The second-order valence-corrected chi connectivity index (χ2v) is 6.19. The van der Waals surface area contributed by atoms with Crippen LogP contribution >= 0.6 is 0 Å². The van der Waals surface area contributed by atoms with Crippen molar-refractivity contribution in [2.75, 3.05) is 12.4 Å². The Labute approximate surface area is 150 Å². The Morgan fingerprint density at radius 1 is 1.08 bits per heavy atom. The number of carbonyl (C=O) groups is 1. The third kappa shape index (κ3) is 2.94. The van der Waals surface area contributed by atoms with E-state index in [1.165, 1.54) is 12.1 Å². The Kier molecular flexibility index (Phi) is 4.16. The van der Waals surface area contributed by atoms with E-state index in [0.717, 1.165) is 30.0 Å². The monoisotopic (exact) mass is 351 g/mol. The van der Waals surface area contributed by atoms with Crippen molar-refractivity contribution in [3.8, 4) is 11.4 Å². The SMILES string of the molecule is COc1ccc(-n2nc(Nc3ccc(F)cc3)c3c2CCCC3=O)cc1. The molecule has 0 radical (unpaired) electrons. The summed E-state index contributed by atoms with van der Waals surface area (Å²) in [5.74, 6) is 1.04. The van der Waals surface area contributed by atoms with E-state index < -0.39 is 0 Å². The molecule has 1 N–H and O–H groups in total. The minimum atomic E-state index is -0.308. The van der Waals surface area contributed by atoms with Gasteiger partial charge in [-0.3, -0.25) is 4.79 Å². The molecule has 0 unspecified atom stereocenters. The number of ketones is 1. The van der Waals surface area contributed by atoms with Crippen molar-refractivity contribution < 1.29 is 13.9 Å². The van der Waals surface area contributed by atoms with Gasteiger partial charge in [-0.2, -0.15) is 0 Å². The van der Waals surface area contributed by atoms with Crippen molar-refractivity contribution >= 4 is 17.3 Å². The summed E-state index contributed by atoms with van der Waals surface area (Å²) in [6, 6.07) is 13.5. The van der Waals surface area contributed by atoms with Gasteiger partial charge in [0.2, 0.25) is 0 Å². The highest BCUT2D eigenvalue weighted by Crippen LogP contribution is 2.32. The number of anilines is 2. The molecule has 3 aromatic rings. The van der Waals surface area contributed by atoms with E-state index in [9.17, 15) is 9.18 Å². The summed E-state index contributed by atoms with van der Waals surface area (Å²) in [5, 5.41) is 7.79. The molecule has 2 aromatic carbocycles. The minimum Gasteiger partial charge on any atom is -0.497 e. The van der Waals surface area contributed by atoms with Crippen molar-refractivity contribution in [2.24, 2.45) is 0 Å². The smallest absolute Gasteiger partial charge is 0.168 e. The molecule has 0 saturated heterocycles. The van der Waals surface area contributed by atoms with Gasteiger partial charge in [0, 0.05) is 12.1 Å². The van der Waals surface area contributed by atoms with Gasteiger partial charge in [-0.05, 0) is 61.4 Å². The lowest BCUT2D eigenvalue weighted by Gasteiger charge is -2.13. The van der Waals surface area contributed by atoms with Gasteiger partial charge in [-0.15, -0.1) is 5.10 Å². The zero-order valence-corrected chi connectivity index (χ0v) is 14.3. The number of fused-ring (bicyclic) bond motifs is 1. The van der Waals surface area contributed by atoms with Crippen LogP contribution in [0.5, 0.6) is 5.75 Å². The third-order valence-electron chi connectivity index (χ3n) is 4.50. The van der Waals surface area contributed by atoms with Gasteiger partial charge < -0.3 is 10.1 Å². The van der Waals surface area contributed by atoms with Crippen LogP contribution in [0, 0.1) is 5.82 Å². The summed E-state index contributed by atoms with van der Waals surface area (Å²) in [7, 11) is 1.62. The first-order valence-electron chi connectivity index (χ1n) is 8.48. The van der Waals surface area contributed by atoms with Gasteiger partial charge in [-0.1, -0.05) is 0 Å². The molecule has 0 saturated carbocycles. The molecule has 0 aliphatic heterocycles. The first-order chi connectivity index (χ1) is 12.7. The van der Waals surface area contributed by atoms with Gasteiger partial charge in [0.25, 0.3) is 0 Å². The summed E-state index contributed by atoms with van der Waals surface area (Å²) < 4.78 is 20.1. The molecular formula is C20H18FN3O2. The first kappa shape index (κ1) is 16.3. The Bertz CT molecular complexity index is 946. The average molecular weight is 351 g/mol. The van der Waals surface area contributed by atoms with Crippen molar-refractivity contribution in [2.45, 2.75) is 19.3 Å². The molecule has 1 aliphatic carbocycles. The Balaban J connectivity index is 1.77. The topological polar surface area (TPSA) is 56.1 Å². The molecule has 1 aliphatic rings. The van der Waals surface area contributed by atoms with E-state index in [1.54, 1.807) is 23.9 Å². The number of nitrogens with zero attached hydrogens (tertiary/aromatic N) is 2. The summed E-state index contributed by atoms with van der Waals surface area (Å²) in [6.07, 6.45) is 2.11. The normalized spacial score (nSPS) is 13.4. The number of hydrogen-bond acceptors (Lipinski definition) is 4. The Morgan fingerprint density at radius 2 is 1.81 bits per heavy atom. The molecule has 1 heterocycles. The van der Waals surface area contributed by atoms with Crippen LogP contribution < -0.4 is 10.1 Å². The lowest BCUT2D eigenvalue weighted by molar-refractivity contribution is 0.0973. The standard InChI is InChI=1S/C20H18FN3O2/c1-26-16-11-9-15(10-12-16)24-17-3-2-4-18(25)19(17)20(23-24)22-14-7-5-13(21)6-8-14/h5-12H,2-4H2,1H3,(H,22,23). The fourth-order valence-corrected chi connectivity index (χ4v) is 3.21. The van der Waals surface area contributed by atoms with E-state index in [2.05, 4.69) is 10.4 Å². The van der Waals surface area contributed by atoms with Gasteiger partial charge in [0.15, 0.2) is 11.6 Å². The van der Waals surface area contributed by atoms with E-state index >= 15 is 0 Å². The molecular weight excluding hydrogens is 333 g/mol. The van der Waals surface area contributed by atoms with Crippen LogP contribution in [0.25, 0.3) is 5.69 Å². The number of carbonyl (C=O) groups excluding carboxylic acids is 1. The number of ether oxygens (including phenoxy) is 1. The summed E-state index contributed by atoms with van der Waals surface area (Å²) in [5.41, 5.74) is 3.07. The summed E-state index contributed by atoms with van der Waals surface area (Å²) >= 11 is 0. The third-order valence-corrected chi connectivity index (χ3v) is 4.50. The highest BCUT2D eigenvalue weighted by molar-refractivity contribution is 6.03. The molecule has 4 rings (SSSR count). The minimum absolute atomic E-state index is 0.0793. The molecule has 0 spiro atoms. The lowest BCUT2D eigenvalue weighted by atomic mass is 9.95. The molecule has 132 valence electrons. The first-order valence-corrected chi connectivity index (χ1v) is 8.48. The summed E-state index contributed by atoms with van der Waals surface area (Å²) in [4.78, 5) is 12.5. The number of halogens is 1. The van der Waals surface area contributed by atoms with Crippen LogP contribution in [-0.4, -0.2) is 22.7 Å². The largest absolute Gasteiger partial charge is 0.497 e. The molecule has 0 amide bonds. The van der Waals surface area contributed by atoms with E-state index in [1.807, 2.05) is 24.3 Å². The van der Waals surface area contributed by atoms with Crippen molar-refractivity contribution in [1.29, 1.82) is 0 Å². The van der Waals surface area contributed by atoms with E-state index in [0.29, 0.717) is 23.5 Å². The van der Waals surface area contributed by atoms with Crippen LogP contribution in [0.15, 0.2) is 48.5 Å². The fourth-order valence-electron chi connectivity index (χ4n) is 3.21. The van der Waals surface area contributed by atoms with E-state index in [4.69, 9.17) is 4.74 Å². The fraction of sp³-hybridized carbons (Fsp3) is 0.200. The molecule has 0 fully saturated rings. The van der Waals surface area contributed by atoms with Crippen LogP contribution in [0.1, 0.15) is 28.9 Å². The zero-order valence-electron chi connectivity index (χ0n) is 14.3. The van der Waals surface area contributed by atoms with Crippen LogP contribution in [0.4, 0.5) is 15.9 Å². The van der Waals surface area contributed by atoms with Gasteiger partial charge in [-0.25, -0.2) is 9.07 Å². The Hall–Kier alpha value is -3.15. The van der Waals surface area contributed by atoms with Crippen LogP contribution in [0.3, 0.4) is 0 Å². The second kappa shape index (κ2) is 6.63. The van der Waals surface area contributed by atoms with Crippen LogP contribution in [0.2, 0.25) is 0 Å². The molecule has 5 nitrogen and oxygen atoms in total. The number of rotatable bonds is 4. The maximum atomic E-state index is 13.1. The summed E-state index contributed by atoms with van der Waals surface area (Å²) in [6.45, 7) is 0. The number of Topliss-reactive ketones (excluding diaryl/α,β-unsaturated/α-hetero) is 1. The number of nitrogens with one attached hydrogen (secondary N) is 1. The zero-order chi connectivity index (χ0) is 18.1. The predicted octanol–water partition coefficient (Wildman–Crippen LogP) is 4.28. The van der Waals surface area contributed by atoms with Gasteiger partial charge in [0.1, 0.15) is 11.6 Å². The molecule has 0 bridgehead atoms. The molecule has 1 aromatic heterocycles. The van der Waals surface area contributed by atoms with Crippen LogP contribution in [-0.2, 0) is 6.42 Å². The highest BCUT2D eigenvalue weighted by Gasteiger charge is 2.27. The van der Waals surface area contributed by atoms with E-state index in [-0.39, 0.29) is 11.6 Å². The number of benzene rings is 2. The average Bonchev–Trinajstić information content (AvgIpc) is 3.03. The number of hydrogen-bond donors (Lipinski definition) is 1. The maximum Gasteiger partial charge on any atom is 0.168 e. The molecule has 0 atom stereocenters. The lowest BCUT2D eigenvalue weighted by Crippen LogP contribution is -2.13. The second-order valence-electron chi connectivity index (χ2n) is 6.19. The maximum absolute atomic E-state index is 13.1. The van der Waals surface area contributed by atoms with Gasteiger partial charge in [0.05, 0.1) is 24.1 Å². The predicted molar refractivity (Wildman–Crippen MR) is 97.1 cm³/mol. The Morgan fingerprint density at radius 3 is 2.50 bits per heavy atom. The molecule has 26 heavy (non-hydrogen) atoms. The van der Waals surface area contributed by atoms with Crippen molar-refractivity contribution in [3.63, 3.8) is 0 Å². The van der Waals surface area contributed by atoms with Crippen molar-refractivity contribution in [1.82, 2.24) is 9.78 Å².